The molecule has 0 atom stereocenters. The molecule has 0 unspecified atom stereocenters. The van der Waals surface area contributed by atoms with Gasteiger partial charge in [-0.25, -0.2) is 0 Å². The van der Waals surface area contributed by atoms with E-state index in [2.05, 4.69) is 10.2 Å². The van der Waals surface area contributed by atoms with Gasteiger partial charge in [-0.05, 0) is 0 Å². The first kappa shape index (κ1) is 11.8. The molecule has 17 heavy (non-hydrogen) atoms. The van der Waals surface area contributed by atoms with Gasteiger partial charge in [-0.1, -0.05) is 0 Å². The van der Waals surface area contributed by atoms with Gasteiger partial charge < -0.3 is 0 Å². The predicted molar refractivity (Wildman–Crippen MR) is 66.2 cm³/mol. The van der Waals surface area contributed by atoms with E-state index in [1.165, 1.54) is 4.46 Å². The molecular formula is C11H11N3O2Se. The summed E-state index contributed by atoms with van der Waals surface area (Å²) in [6.45, 7) is 3.95. The number of nitro groups is 1. The molecule has 0 radical (unpaired) electrons. The molecule has 0 amide bonds. The van der Waals surface area contributed by atoms with Crippen LogP contribution in [-0.4, -0.2) is 30.1 Å². The van der Waals surface area contributed by atoms with E-state index in [4.69, 9.17) is 0 Å². The number of hydrogen-bond acceptors (Lipinski definition) is 3. The quantitative estimate of drug-likeness (QED) is 0.512. The van der Waals surface area contributed by atoms with Gasteiger partial charge in [0.1, 0.15) is 0 Å². The van der Waals surface area contributed by atoms with Crippen LogP contribution in [-0.2, 0) is 0 Å². The summed E-state index contributed by atoms with van der Waals surface area (Å²) in [5.41, 5.74) is 2.20. The van der Waals surface area contributed by atoms with Gasteiger partial charge in [0.25, 0.3) is 0 Å². The minimum atomic E-state index is -0.384. The third-order valence-corrected chi connectivity index (χ3v) is 5.08. The Morgan fingerprint density at radius 2 is 1.94 bits per heavy atom. The summed E-state index contributed by atoms with van der Waals surface area (Å²) in [6.07, 6.45) is 0. The van der Waals surface area contributed by atoms with Crippen molar-refractivity contribution in [2.24, 2.45) is 0 Å². The molecule has 1 N–H and O–H groups in total. The molecule has 0 saturated heterocycles. The average Bonchev–Trinajstić information content (AvgIpc) is 2.61. The fourth-order valence-electron chi connectivity index (χ4n) is 1.44. The molecule has 0 bridgehead atoms. The molecule has 88 valence electrons. The van der Waals surface area contributed by atoms with Gasteiger partial charge in [-0.2, -0.15) is 0 Å². The van der Waals surface area contributed by atoms with Crippen LogP contribution in [0, 0.1) is 24.0 Å². The molecule has 6 heteroatoms. The van der Waals surface area contributed by atoms with E-state index in [0.29, 0.717) is 0 Å². The van der Waals surface area contributed by atoms with Crippen LogP contribution in [0.1, 0.15) is 11.4 Å². The first-order chi connectivity index (χ1) is 8.08. The zero-order chi connectivity index (χ0) is 12.4. The molecule has 1 aromatic heterocycles. The second-order valence-corrected chi connectivity index (χ2v) is 5.89. The van der Waals surface area contributed by atoms with E-state index in [1.54, 1.807) is 12.1 Å². The molecule has 1 heterocycles. The number of nitrogens with zero attached hydrogens (tertiary/aromatic N) is 2. The van der Waals surface area contributed by atoms with Crippen molar-refractivity contribution in [3.05, 3.63) is 45.8 Å². The summed E-state index contributed by atoms with van der Waals surface area (Å²) in [4.78, 5) is 10.1. The summed E-state index contributed by atoms with van der Waals surface area (Å²) in [5.74, 6) is 0. The number of H-pyrrole nitrogens is 1. The van der Waals surface area contributed by atoms with Gasteiger partial charge in [0.15, 0.2) is 0 Å². The van der Waals surface area contributed by atoms with Gasteiger partial charge in [0, 0.05) is 0 Å². The Morgan fingerprint density at radius 1 is 1.29 bits per heavy atom. The molecule has 0 saturated carbocycles. The Balaban J connectivity index is 2.22. The molecule has 2 rings (SSSR count). The fourth-order valence-corrected chi connectivity index (χ4v) is 3.33. The number of nitro benzene ring substituents is 1. The van der Waals surface area contributed by atoms with E-state index < -0.39 is 0 Å². The van der Waals surface area contributed by atoms with Gasteiger partial charge in [-0.3, -0.25) is 0 Å². The summed E-state index contributed by atoms with van der Waals surface area (Å²) in [6, 6.07) is 6.71. The molecule has 1 aromatic carbocycles. The van der Waals surface area contributed by atoms with Crippen molar-refractivity contribution in [2.45, 2.75) is 13.8 Å². The van der Waals surface area contributed by atoms with Crippen molar-refractivity contribution < 1.29 is 4.92 Å². The van der Waals surface area contributed by atoms with Crippen LogP contribution in [0.4, 0.5) is 5.69 Å². The van der Waals surface area contributed by atoms with E-state index in [-0.39, 0.29) is 25.6 Å². The zero-order valence-electron chi connectivity index (χ0n) is 9.43. The van der Waals surface area contributed by atoms with Crippen molar-refractivity contribution in [2.75, 3.05) is 0 Å². The summed E-state index contributed by atoms with van der Waals surface area (Å²) in [5, 5.41) is 17.6. The standard InChI is InChI=1S/C11H11N3O2Se/c1-7-11(8(2)13-12-7)17-10-5-3-9(4-6-10)14(15)16/h3-6H,1-2H3,(H,12,13). The third-order valence-electron chi connectivity index (χ3n) is 2.33. The normalized spacial score (nSPS) is 10.5. The first-order valence-corrected chi connectivity index (χ1v) is 6.73. The Morgan fingerprint density at radius 3 is 2.41 bits per heavy atom. The van der Waals surface area contributed by atoms with Crippen LogP contribution in [0.2, 0.25) is 0 Å². The van der Waals surface area contributed by atoms with Crippen LogP contribution in [0.3, 0.4) is 0 Å². The number of hydrogen-bond donors (Lipinski definition) is 1. The number of nitrogens with one attached hydrogen (secondary N) is 1. The van der Waals surface area contributed by atoms with Gasteiger partial charge in [0.2, 0.25) is 0 Å². The topological polar surface area (TPSA) is 71.8 Å². The number of aromatic nitrogens is 2. The van der Waals surface area contributed by atoms with E-state index in [1.807, 2.05) is 26.0 Å². The summed E-state index contributed by atoms with van der Waals surface area (Å²) in [7, 11) is 0. The molecule has 0 aliphatic rings. The van der Waals surface area contributed by atoms with Crippen LogP contribution >= 0.6 is 0 Å². The van der Waals surface area contributed by atoms with Crippen molar-refractivity contribution in [1.82, 2.24) is 10.2 Å². The number of benzene rings is 1. The Labute approximate surface area is 105 Å². The minimum absolute atomic E-state index is 0.130. The van der Waals surface area contributed by atoms with Crippen molar-refractivity contribution >= 4 is 29.6 Å². The molecule has 0 spiro atoms. The van der Waals surface area contributed by atoms with E-state index in [0.717, 1.165) is 15.8 Å². The summed E-state index contributed by atoms with van der Waals surface area (Å²) >= 11 is 0.135. The number of aromatic amines is 1. The second kappa shape index (κ2) is 4.69. The molecule has 0 aliphatic heterocycles. The van der Waals surface area contributed by atoms with Crippen LogP contribution in [0.5, 0.6) is 0 Å². The Hall–Kier alpha value is -1.65. The molecule has 0 aliphatic carbocycles. The number of aryl methyl sites for hydroxylation is 2. The van der Waals surface area contributed by atoms with E-state index in [9.17, 15) is 10.1 Å². The molecule has 2 aromatic rings. The van der Waals surface area contributed by atoms with Crippen LogP contribution in [0.15, 0.2) is 24.3 Å². The Kier molecular flexibility index (Phi) is 3.26. The number of rotatable bonds is 3. The monoisotopic (exact) mass is 297 g/mol. The maximum absolute atomic E-state index is 10.5. The van der Waals surface area contributed by atoms with Gasteiger partial charge in [0.05, 0.1) is 0 Å². The van der Waals surface area contributed by atoms with Crippen LogP contribution in [0.25, 0.3) is 0 Å². The van der Waals surface area contributed by atoms with Crippen molar-refractivity contribution in [1.29, 1.82) is 0 Å². The molecular weight excluding hydrogens is 285 g/mol. The first-order valence-electron chi connectivity index (χ1n) is 5.02. The molecule has 5 nitrogen and oxygen atoms in total. The van der Waals surface area contributed by atoms with Crippen molar-refractivity contribution in [3.8, 4) is 0 Å². The van der Waals surface area contributed by atoms with Crippen LogP contribution < -0.4 is 8.92 Å². The third kappa shape index (κ3) is 2.54. The number of non-ortho nitro benzene ring substituents is 1. The van der Waals surface area contributed by atoms with E-state index >= 15 is 0 Å². The summed E-state index contributed by atoms with van der Waals surface area (Å²) < 4.78 is 2.32. The van der Waals surface area contributed by atoms with Crippen molar-refractivity contribution in [3.63, 3.8) is 0 Å². The second-order valence-electron chi connectivity index (χ2n) is 3.62. The predicted octanol–water partition coefficient (Wildman–Crippen LogP) is 0.590. The molecule has 0 fully saturated rings. The van der Waals surface area contributed by atoms with Gasteiger partial charge >= 0.3 is 104 Å². The zero-order valence-corrected chi connectivity index (χ0v) is 11.1. The SMILES string of the molecule is Cc1n[nH]c(C)c1[Se]c1ccc([N+](=O)[O-])cc1. The fraction of sp³-hybridized carbons (Fsp3) is 0.182. The van der Waals surface area contributed by atoms with Gasteiger partial charge in [-0.15, -0.1) is 0 Å². The maximum atomic E-state index is 10.5. The average molecular weight is 296 g/mol. The Bertz CT molecular complexity index is 529.